The van der Waals surface area contributed by atoms with Crippen molar-refractivity contribution in [2.45, 2.75) is 12.8 Å². The quantitative estimate of drug-likeness (QED) is 0.531. The van der Waals surface area contributed by atoms with Gasteiger partial charge in [-0.3, -0.25) is 4.79 Å². The van der Waals surface area contributed by atoms with Crippen molar-refractivity contribution in [3.05, 3.63) is 18.3 Å². The molecule has 1 aromatic heterocycles. The van der Waals surface area contributed by atoms with Crippen LogP contribution in [-0.4, -0.2) is 31.0 Å². The summed E-state index contributed by atoms with van der Waals surface area (Å²) in [5.74, 6) is 6.28. The molecule has 1 aromatic rings. The van der Waals surface area contributed by atoms with Crippen LogP contribution in [0.15, 0.2) is 18.3 Å². The van der Waals surface area contributed by atoms with E-state index in [0.717, 1.165) is 31.6 Å². The summed E-state index contributed by atoms with van der Waals surface area (Å²) in [7, 11) is 1.69. The van der Waals surface area contributed by atoms with Gasteiger partial charge in [0, 0.05) is 44.0 Å². The second-order valence-corrected chi connectivity index (χ2v) is 4.42. The molecule has 1 fully saturated rings. The SMILES string of the molecule is CNC(=O)C1CCN(c2ccnc(NN)c2)CC1. The van der Waals surface area contributed by atoms with Crippen molar-refractivity contribution in [1.29, 1.82) is 0 Å². The molecule has 1 aliphatic rings. The summed E-state index contributed by atoms with van der Waals surface area (Å²) in [6.07, 6.45) is 3.50. The van der Waals surface area contributed by atoms with Crippen LogP contribution in [0.3, 0.4) is 0 Å². The molecule has 2 heterocycles. The fourth-order valence-corrected chi connectivity index (χ4v) is 2.30. The van der Waals surface area contributed by atoms with Gasteiger partial charge in [0.05, 0.1) is 0 Å². The first-order chi connectivity index (χ1) is 8.74. The fourth-order valence-electron chi connectivity index (χ4n) is 2.30. The van der Waals surface area contributed by atoms with Gasteiger partial charge in [-0.1, -0.05) is 0 Å². The average molecular weight is 249 g/mol. The van der Waals surface area contributed by atoms with Gasteiger partial charge in [0.15, 0.2) is 0 Å². The number of nitrogens with one attached hydrogen (secondary N) is 2. The average Bonchev–Trinajstić information content (AvgIpc) is 2.46. The first-order valence-corrected chi connectivity index (χ1v) is 6.14. The van der Waals surface area contributed by atoms with Crippen molar-refractivity contribution < 1.29 is 4.79 Å². The summed E-state index contributed by atoms with van der Waals surface area (Å²) in [6, 6.07) is 3.88. The first-order valence-electron chi connectivity index (χ1n) is 6.14. The lowest BCUT2D eigenvalue weighted by molar-refractivity contribution is -0.125. The Morgan fingerprint density at radius 1 is 1.50 bits per heavy atom. The molecule has 0 radical (unpaired) electrons. The maximum absolute atomic E-state index is 11.5. The maximum Gasteiger partial charge on any atom is 0.222 e. The Morgan fingerprint density at radius 2 is 2.22 bits per heavy atom. The molecule has 0 bridgehead atoms. The number of aromatic nitrogens is 1. The summed E-state index contributed by atoms with van der Waals surface area (Å²) in [5, 5.41) is 2.71. The monoisotopic (exact) mass is 249 g/mol. The smallest absolute Gasteiger partial charge is 0.222 e. The third-order valence-electron chi connectivity index (χ3n) is 3.37. The molecule has 2 rings (SSSR count). The highest BCUT2D eigenvalue weighted by molar-refractivity contribution is 5.78. The van der Waals surface area contributed by atoms with Crippen molar-refractivity contribution in [3.63, 3.8) is 0 Å². The Hall–Kier alpha value is -1.82. The van der Waals surface area contributed by atoms with Gasteiger partial charge >= 0.3 is 0 Å². The number of anilines is 2. The van der Waals surface area contributed by atoms with Gasteiger partial charge in [0.25, 0.3) is 0 Å². The van der Waals surface area contributed by atoms with Crippen LogP contribution in [0.1, 0.15) is 12.8 Å². The molecule has 18 heavy (non-hydrogen) atoms. The van der Waals surface area contributed by atoms with E-state index in [9.17, 15) is 4.79 Å². The predicted molar refractivity (Wildman–Crippen MR) is 71.1 cm³/mol. The van der Waals surface area contributed by atoms with Crippen molar-refractivity contribution >= 4 is 17.4 Å². The predicted octanol–water partition coefficient (Wildman–Crippen LogP) is 0.330. The molecule has 98 valence electrons. The van der Waals surface area contributed by atoms with Gasteiger partial charge in [0.2, 0.25) is 5.91 Å². The number of nitrogens with zero attached hydrogens (tertiary/aromatic N) is 2. The molecule has 0 spiro atoms. The highest BCUT2D eigenvalue weighted by atomic mass is 16.1. The standard InChI is InChI=1S/C12H19N5O/c1-14-12(18)9-3-6-17(7-4-9)10-2-5-15-11(8-10)16-13/h2,5,8-9H,3-4,6-7,13H2,1H3,(H,14,18)(H,15,16). The number of nitrogen functional groups attached to an aromatic ring is 1. The van der Waals surface area contributed by atoms with Crippen molar-refractivity contribution in [3.8, 4) is 0 Å². The summed E-state index contributed by atoms with van der Waals surface area (Å²) >= 11 is 0. The Morgan fingerprint density at radius 3 is 2.83 bits per heavy atom. The Bertz CT molecular complexity index is 415. The number of nitrogens with two attached hydrogens (primary N) is 1. The van der Waals surface area contributed by atoms with Crippen LogP contribution in [0.5, 0.6) is 0 Å². The van der Waals surface area contributed by atoms with Gasteiger partial charge in [-0.2, -0.15) is 0 Å². The van der Waals surface area contributed by atoms with Gasteiger partial charge < -0.3 is 15.6 Å². The Kier molecular flexibility index (Phi) is 3.99. The molecule has 0 aromatic carbocycles. The number of hydrazine groups is 1. The number of carbonyl (C=O) groups is 1. The van der Waals surface area contributed by atoms with Crippen molar-refractivity contribution in [2.24, 2.45) is 11.8 Å². The third kappa shape index (κ3) is 2.70. The van der Waals surface area contributed by atoms with Crippen molar-refractivity contribution in [1.82, 2.24) is 10.3 Å². The van der Waals surface area contributed by atoms with Gasteiger partial charge in [-0.25, -0.2) is 10.8 Å². The topological polar surface area (TPSA) is 83.3 Å². The molecule has 4 N–H and O–H groups in total. The van der Waals surface area contributed by atoms with E-state index in [-0.39, 0.29) is 11.8 Å². The van der Waals surface area contributed by atoms with E-state index in [0.29, 0.717) is 5.82 Å². The third-order valence-corrected chi connectivity index (χ3v) is 3.37. The van der Waals surface area contributed by atoms with Gasteiger partial charge in [0.1, 0.15) is 5.82 Å². The van der Waals surface area contributed by atoms with Crippen LogP contribution in [0.4, 0.5) is 11.5 Å². The van der Waals surface area contributed by atoms with E-state index in [1.807, 2.05) is 12.1 Å². The van der Waals surface area contributed by atoms with Crippen LogP contribution in [0.2, 0.25) is 0 Å². The zero-order chi connectivity index (χ0) is 13.0. The number of piperidine rings is 1. The Labute approximate surface area is 107 Å². The van der Waals surface area contributed by atoms with Crippen LogP contribution in [0, 0.1) is 5.92 Å². The van der Waals surface area contributed by atoms with Crippen LogP contribution < -0.4 is 21.5 Å². The highest BCUT2D eigenvalue weighted by Crippen LogP contribution is 2.24. The second-order valence-electron chi connectivity index (χ2n) is 4.42. The van der Waals surface area contributed by atoms with E-state index in [1.54, 1.807) is 13.2 Å². The minimum atomic E-state index is 0.139. The zero-order valence-electron chi connectivity index (χ0n) is 10.5. The molecule has 0 unspecified atom stereocenters. The fraction of sp³-hybridized carbons (Fsp3) is 0.500. The number of carbonyl (C=O) groups excluding carboxylic acids is 1. The minimum Gasteiger partial charge on any atom is -0.371 e. The van der Waals surface area contributed by atoms with Crippen LogP contribution in [0.25, 0.3) is 0 Å². The van der Waals surface area contributed by atoms with Crippen LogP contribution >= 0.6 is 0 Å². The summed E-state index contributed by atoms with van der Waals surface area (Å²) < 4.78 is 0. The molecule has 6 heteroatoms. The molecule has 0 aliphatic carbocycles. The van der Waals surface area contributed by atoms with Gasteiger partial charge in [-0.05, 0) is 18.9 Å². The number of rotatable bonds is 3. The number of hydrogen-bond donors (Lipinski definition) is 3. The van der Waals surface area contributed by atoms with E-state index >= 15 is 0 Å². The molecule has 6 nitrogen and oxygen atoms in total. The molecular formula is C12H19N5O. The molecule has 0 saturated carbocycles. The molecule has 0 atom stereocenters. The largest absolute Gasteiger partial charge is 0.371 e. The maximum atomic E-state index is 11.5. The normalized spacial score (nSPS) is 16.4. The van der Waals surface area contributed by atoms with E-state index in [4.69, 9.17) is 5.84 Å². The molecule has 1 aliphatic heterocycles. The van der Waals surface area contributed by atoms with Crippen LogP contribution in [-0.2, 0) is 4.79 Å². The Balaban J connectivity index is 1.98. The molecule has 1 amide bonds. The lowest BCUT2D eigenvalue weighted by Gasteiger charge is -2.32. The lowest BCUT2D eigenvalue weighted by atomic mass is 9.95. The van der Waals surface area contributed by atoms with Crippen molar-refractivity contribution in [2.75, 3.05) is 30.5 Å². The minimum absolute atomic E-state index is 0.139. The second kappa shape index (κ2) is 5.68. The summed E-state index contributed by atoms with van der Waals surface area (Å²) in [6.45, 7) is 1.76. The molecular weight excluding hydrogens is 230 g/mol. The highest BCUT2D eigenvalue weighted by Gasteiger charge is 2.24. The van der Waals surface area contributed by atoms with E-state index in [2.05, 4.69) is 20.6 Å². The zero-order valence-corrected chi connectivity index (χ0v) is 10.5. The first kappa shape index (κ1) is 12.6. The van der Waals surface area contributed by atoms with E-state index < -0.39 is 0 Å². The summed E-state index contributed by atoms with van der Waals surface area (Å²) in [4.78, 5) is 17.9. The lowest BCUT2D eigenvalue weighted by Crippen LogP contribution is -2.39. The number of hydrogen-bond acceptors (Lipinski definition) is 5. The summed E-state index contributed by atoms with van der Waals surface area (Å²) in [5.41, 5.74) is 3.63. The van der Waals surface area contributed by atoms with Gasteiger partial charge in [-0.15, -0.1) is 0 Å². The molecule has 1 saturated heterocycles. The number of pyridine rings is 1. The number of amides is 1. The van der Waals surface area contributed by atoms with E-state index in [1.165, 1.54) is 0 Å².